The molecule has 1 saturated carbocycles. The maximum Gasteiger partial charge on any atom is 0.265 e. The molecule has 30 heavy (non-hydrogen) atoms. The molecule has 0 radical (unpaired) electrons. The number of hydrogen-bond donors (Lipinski definition) is 1. The second-order valence-corrected chi connectivity index (χ2v) is 8.75. The van der Waals surface area contributed by atoms with Gasteiger partial charge in [-0.1, -0.05) is 30.9 Å². The fourth-order valence-electron chi connectivity index (χ4n) is 4.42. The zero-order chi connectivity index (χ0) is 21.4. The molecule has 2 amide bonds. The van der Waals surface area contributed by atoms with Crippen molar-refractivity contribution in [2.75, 3.05) is 0 Å². The molecule has 1 aliphatic heterocycles. The van der Waals surface area contributed by atoms with E-state index in [2.05, 4.69) is 9.88 Å². The minimum atomic E-state index is -0.437. The van der Waals surface area contributed by atoms with Crippen LogP contribution in [-0.2, 0) is 9.59 Å². The molecule has 0 atom stereocenters. The molecule has 1 N–H and O–H groups in total. The average molecular weight is 442 g/mol. The third-order valence-corrected chi connectivity index (χ3v) is 6.48. The Morgan fingerprint density at radius 1 is 1.10 bits per heavy atom. The Labute approximate surface area is 186 Å². The van der Waals surface area contributed by atoms with Gasteiger partial charge in [0.2, 0.25) is 0 Å². The Balaban J connectivity index is 1.70. The molecule has 1 aromatic heterocycles. The van der Waals surface area contributed by atoms with E-state index in [9.17, 15) is 9.59 Å². The highest BCUT2D eigenvalue weighted by Crippen LogP contribution is 2.28. The molecule has 2 aromatic rings. The van der Waals surface area contributed by atoms with Gasteiger partial charge in [-0.15, -0.1) is 0 Å². The van der Waals surface area contributed by atoms with Crippen LogP contribution in [0.25, 0.3) is 11.8 Å². The number of carbonyl (C=O) groups excluding carboxylic acids is 2. The van der Waals surface area contributed by atoms with Crippen molar-refractivity contribution in [1.29, 1.82) is 0 Å². The van der Waals surface area contributed by atoms with Crippen LogP contribution in [0.4, 0.5) is 0 Å². The molecule has 0 spiro atoms. The predicted molar refractivity (Wildman–Crippen MR) is 123 cm³/mol. The van der Waals surface area contributed by atoms with Crippen molar-refractivity contribution in [1.82, 2.24) is 14.8 Å². The van der Waals surface area contributed by atoms with E-state index in [1.165, 1.54) is 6.42 Å². The number of rotatable bonds is 3. The summed E-state index contributed by atoms with van der Waals surface area (Å²) in [7, 11) is 0. The van der Waals surface area contributed by atoms with Gasteiger partial charge in [0.05, 0.1) is 0 Å². The number of halogens is 1. The zero-order valence-electron chi connectivity index (χ0n) is 17.1. The first-order valence-corrected chi connectivity index (χ1v) is 11.0. The van der Waals surface area contributed by atoms with Crippen LogP contribution in [-0.4, -0.2) is 32.4 Å². The summed E-state index contributed by atoms with van der Waals surface area (Å²) in [6, 6.07) is 9.62. The van der Waals surface area contributed by atoms with Crippen molar-refractivity contribution in [2.45, 2.75) is 52.0 Å². The Morgan fingerprint density at radius 2 is 1.77 bits per heavy atom. The number of thiocarbonyl (C=S) groups is 1. The molecule has 2 fully saturated rings. The molecule has 1 saturated heterocycles. The predicted octanol–water partition coefficient (Wildman–Crippen LogP) is 4.71. The number of benzene rings is 1. The first-order valence-electron chi connectivity index (χ1n) is 10.2. The second kappa shape index (κ2) is 8.36. The van der Waals surface area contributed by atoms with E-state index in [0.717, 1.165) is 48.3 Å². The molecule has 7 heteroatoms. The molecular formula is C23H24ClN3O2S. The van der Waals surface area contributed by atoms with Crippen molar-refractivity contribution < 1.29 is 9.59 Å². The van der Waals surface area contributed by atoms with Crippen LogP contribution in [0, 0.1) is 13.8 Å². The molecule has 5 nitrogen and oxygen atoms in total. The quantitative estimate of drug-likeness (QED) is 0.426. The lowest BCUT2D eigenvalue weighted by Crippen LogP contribution is -2.57. The van der Waals surface area contributed by atoms with Gasteiger partial charge in [-0.2, -0.15) is 0 Å². The number of nitrogens with one attached hydrogen (secondary N) is 1. The number of aryl methyl sites for hydroxylation is 1. The maximum atomic E-state index is 13.2. The monoisotopic (exact) mass is 441 g/mol. The molecule has 156 valence electrons. The number of aromatic nitrogens is 1. The third-order valence-electron chi connectivity index (χ3n) is 5.93. The fourth-order valence-corrected chi connectivity index (χ4v) is 4.87. The lowest BCUT2D eigenvalue weighted by molar-refractivity contribution is -0.130. The lowest BCUT2D eigenvalue weighted by atomic mass is 9.93. The molecule has 2 aliphatic rings. The Morgan fingerprint density at radius 3 is 2.43 bits per heavy atom. The molecular weight excluding hydrogens is 418 g/mol. The fraction of sp³-hybridized carbons (Fsp3) is 0.348. The average Bonchev–Trinajstić information content (AvgIpc) is 3.00. The minimum absolute atomic E-state index is 0.0595. The topological polar surface area (TPSA) is 54.3 Å². The highest BCUT2D eigenvalue weighted by Gasteiger charge is 2.38. The van der Waals surface area contributed by atoms with Gasteiger partial charge in [0.1, 0.15) is 5.57 Å². The van der Waals surface area contributed by atoms with Crippen LogP contribution in [0.5, 0.6) is 0 Å². The molecule has 2 heterocycles. The van der Waals surface area contributed by atoms with Gasteiger partial charge in [0, 0.05) is 28.1 Å². The highest BCUT2D eigenvalue weighted by molar-refractivity contribution is 7.80. The van der Waals surface area contributed by atoms with Gasteiger partial charge in [-0.05, 0) is 80.9 Å². The maximum absolute atomic E-state index is 13.2. The van der Waals surface area contributed by atoms with Gasteiger partial charge >= 0.3 is 0 Å². The van der Waals surface area contributed by atoms with Crippen molar-refractivity contribution in [3.05, 3.63) is 57.9 Å². The minimum Gasteiger partial charge on any atom is -0.318 e. The summed E-state index contributed by atoms with van der Waals surface area (Å²) in [6.07, 6.45) is 6.85. The van der Waals surface area contributed by atoms with Crippen LogP contribution in [0.3, 0.4) is 0 Å². The van der Waals surface area contributed by atoms with Crippen molar-refractivity contribution in [3.8, 4) is 5.69 Å². The number of amides is 2. The van der Waals surface area contributed by atoms with Crippen molar-refractivity contribution in [3.63, 3.8) is 0 Å². The normalized spacial score (nSPS) is 19.5. The van der Waals surface area contributed by atoms with Crippen LogP contribution >= 0.6 is 23.8 Å². The summed E-state index contributed by atoms with van der Waals surface area (Å²) in [5.74, 6) is -0.736. The summed E-state index contributed by atoms with van der Waals surface area (Å²) in [5, 5.41) is 3.61. The molecule has 0 bridgehead atoms. The summed E-state index contributed by atoms with van der Waals surface area (Å²) in [5.41, 5.74) is 3.89. The third kappa shape index (κ3) is 3.82. The number of nitrogens with zero attached hydrogens (tertiary/aromatic N) is 2. The number of hydrogen-bond acceptors (Lipinski definition) is 3. The standard InChI is InChI=1S/C23H24ClN3O2S/c1-14-12-16(15(2)26(14)19-10-8-17(24)9-11-19)13-20-21(28)25-23(30)27(22(20)29)18-6-4-3-5-7-18/h8-13,18H,3-7H2,1-2H3,(H,25,28,30)/b20-13-. The summed E-state index contributed by atoms with van der Waals surface area (Å²) in [4.78, 5) is 27.5. The molecule has 0 unspecified atom stereocenters. The second-order valence-electron chi connectivity index (χ2n) is 7.92. The molecule has 1 aliphatic carbocycles. The first kappa shape index (κ1) is 20.8. The van der Waals surface area contributed by atoms with Gasteiger partial charge in [0.25, 0.3) is 11.8 Å². The van der Waals surface area contributed by atoms with E-state index in [1.807, 2.05) is 44.2 Å². The SMILES string of the molecule is Cc1cc(/C=C2/C(=O)NC(=S)N(C3CCCCC3)C2=O)c(C)n1-c1ccc(Cl)cc1. The summed E-state index contributed by atoms with van der Waals surface area (Å²) >= 11 is 11.4. The van der Waals surface area contributed by atoms with Gasteiger partial charge in [-0.3, -0.25) is 19.8 Å². The van der Waals surface area contributed by atoms with Crippen LogP contribution in [0.1, 0.15) is 49.1 Å². The zero-order valence-corrected chi connectivity index (χ0v) is 18.6. The Bertz CT molecular complexity index is 1050. The summed E-state index contributed by atoms with van der Waals surface area (Å²) < 4.78 is 2.08. The van der Waals surface area contributed by atoms with E-state index < -0.39 is 5.91 Å². The number of carbonyl (C=O) groups is 2. The van der Waals surface area contributed by atoms with E-state index in [4.69, 9.17) is 23.8 Å². The van der Waals surface area contributed by atoms with Crippen LogP contribution < -0.4 is 5.32 Å². The van der Waals surface area contributed by atoms with Crippen molar-refractivity contribution >= 4 is 46.8 Å². The molecule has 1 aromatic carbocycles. The van der Waals surface area contributed by atoms with Gasteiger partial charge in [0.15, 0.2) is 5.11 Å². The Hall–Kier alpha value is -2.44. The Kier molecular flexibility index (Phi) is 5.80. The first-order chi connectivity index (χ1) is 14.4. The van der Waals surface area contributed by atoms with E-state index in [-0.39, 0.29) is 22.6 Å². The van der Waals surface area contributed by atoms with E-state index >= 15 is 0 Å². The smallest absolute Gasteiger partial charge is 0.265 e. The largest absolute Gasteiger partial charge is 0.318 e. The van der Waals surface area contributed by atoms with Crippen LogP contribution in [0.15, 0.2) is 35.9 Å². The van der Waals surface area contributed by atoms with Gasteiger partial charge < -0.3 is 4.57 Å². The lowest BCUT2D eigenvalue weighted by Gasteiger charge is -2.37. The van der Waals surface area contributed by atoms with E-state index in [1.54, 1.807) is 11.0 Å². The van der Waals surface area contributed by atoms with Crippen molar-refractivity contribution in [2.24, 2.45) is 0 Å². The van der Waals surface area contributed by atoms with E-state index in [0.29, 0.717) is 5.02 Å². The molecule has 4 rings (SSSR count). The summed E-state index contributed by atoms with van der Waals surface area (Å²) in [6.45, 7) is 3.97. The highest BCUT2D eigenvalue weighted by atomic mass is 35.5. The van der Waals surface area contributed by atoms with Gasteiger partial charge in [-0.25, -0.2) is 0 Å². The van der Waals surface area contributed by atoms with Crippen LogP contribution in [0.2, 0.25) is 5.02 Å².